The van der Waals surface area contributed by atoms with Crippen molar-refractivity contribution in [3.63, 3.8) is 0 Å². The molecule has 2 bridgehead atoms. The number of esters is 1. The predicted molar refractivity (Wildman–Crippen MR) is 113 cm³/mol. The van der Waals surface area contributed by atoms with Gasteiger partial charge in [0.2, 0.25) is 5.91 Å². The topological polar surface area (TPSA) is 84.5 Å². The molecule has 1 heterocycles. The third-order valence-corrected chi connectivity index (χ3v) is 6.92. The Morgan fingerprint density at radius 3 is 2.70 bits per heavy atom. The summed E-state index contributed by atoms with van der Waals surface area (Å²) in [5, 5.41) is 6.42. The highest BCUT2D eigenvalue weighted by Crippen LogP contribution is 2.57. The van der Waals surface area contributed by atoms with Crippen molar-refractivity contribution in [2.24, 2.45) is 23.7 Å². The fraction of sp³-hybridized carbons (Fsp3) is 0.318. The number of hydrogen-bond donors (Lipinski definition) is 2. The van der Waals surface area contributed by atoms with Crippen molar-refractivity contribution < 1.29 is 19.1 Å². The number of hydrogen-bond acceptors (Lipinski definition) is 4. The van der Waals surface area contributed by atoms with Gasteiger partial charge in [-0.2, -0.15) is 0 Å². The summed E-state index contributed by atoms with van der Waals surface area (Å²) in [4.78, 5) is 37.7. The maximum Gasteiger partial charge on any atom is 0.310 e. The summed E-state index contributed by atoms with van der Waals surface area (Å²) in [7, 11) is 0. The van der Waals surface area contributed by atoms with Crippen molar-refractivity contribution in [2.45, 2.75) is 18.9 Å². The minimum absolute atomic E-state index is 0.0121. The van der Waals surface area contributed by atoms with Gasteiger partial charge in [-0.3, -0.25) is 14.4 Å². The zero-order valence-corrected chi connectivity index (χ0v) is 17.2. The first-order chi connectivity index (χ1) is 14.4. The van der Waals surface area contributed by atoms with E-state index >= 15 is 0 Å². The van der Waals surface area contributed by atoms with Crippen LogP contribution in [0.5, 0.6) is 0 Å². The Labute approximate surface area is 182 Å². The molecule has 5 atom stereocenters. The second-order valence-electron chi connectivity index (χ2n) is 8.07. The molecular formula is C22H18Cl2N2O4. The van der Waals surface area contributed by atoms with Crippen molar-refractivity contribution in [3.8, 4) is 0 Å². The van der Waals surface area contributed by atoms with Gasteiger partial charge in [0.05, 0.1) is 22.5 Å². The van der Waals surface area contributed by atoms with E-state index < -0.39 is 0 Å². The SMILES string of the molecule is O=C(Nc1cc(Cl)ccc1Cl)c1cccc(NC(=O)[C@@H]2[C@@H]3C[C@@H]4[C@H]2C(=O)O[C@@H]4C3)c1. The van der Waals surface area contributed by atoms with Crippen LogP contribution in [0.25, 0.3) is 0 Å². The second kappa shape index (κ2) is 7.29. The third kappa shape index (κ3) is 3.24. The summed E-state index contributed by atoms with van der Waals surface area (Å²) >= 11 is 12.1. The molecule has 0 radical (unpaired) electrons. The molecule has 1 aliphatic heterocycles. The number of halogens is 2. The maximum absolute atomic E-state index is 12.9. The largest absolute Gasteiger partial charge is 0.462 e. The van der Waals surface area contributed by atoms with Gasteiger partial charge < -0.3 is 15.4 Å². The van der Waals surface area contributed by atoms with Gasteiger partial charge >= 0.3 is 5.97 Å². The normalized spacial score (nSPS) is 28.3. The number of carbonyl (C=O) groups is 3. The summed E-state index contributed by atoms with van der Waals surface area (Å²) in [6.07, 6.45) is 1.61. The Morgan fingerprint density at radius 2 is 1.87 bits per heavy atom. The predicted octanol–water partition coefficient (Wildman–Crippen LogP) is 4.38. The average Bonchev–Trinajstić information content (AvgIpc) is 3.33. The van der Waals surface area contributed by atoms with Crippen LogP contribution in [0.1, 0.15) is 23.2 Å². The highest BCUT2D eigenvalue weighted by molar-refractivity contribution is 6.35. The zero-order chi connectivity index (χ0) is 21.0. The van der Waals surface area contributed by atoms with Crippen molar-refractivity contribution >= 4 is 52.4 Å². The summed E-state index contributed by atoms with van der Waals surface area (Å²) in [5.74, 6) is -1.20. The minimum Gasteiger partial charge on any atom is -0.462 e. The summed E-state index contributed by atoms with van der Waals surface area (Å²) in [5.41, 5.74) is 1.26. The van der Waals surface area contributed by atoms with Gasteiger partial charge in [-0.05, 0) is 55.2 Å². The van der Waals surface area contributed by atoms with Crippen LogP contribution in [0.3, 0.4) is 0 Å². The first-order valence-corrected chi connectivity index (χ1v) is 10.5. The molecule has 0 spiro atoms. The number of nitrogens with one attached hydrogen (secondary N) is 2. The number of fused-ring (bicyclic) bond motifs is 1. The molecule has 0 unspecified atom stereocenters. The van der Waals surface area contributed by atoms with E-state index in [-0.39, 0.29) is 47.6 Å². The third-order valence-electron chi connectivity index (χ3n) is 6.35. The van der Waals surface area contributed by atoms with Crippen molar-refractivity contribution in [3.05, 3.63) is 58.1 Å². The molecule has 3 aliphatic rings. The zero-order valence-electron chi connectivity index (χ0n) is 15.7. The first-order valence-electron chi connectivity index (χ1n) is 9.78. The van der Waals surface area contributed by atoms with Crippen LogP contribution in [0.2, 0.25) is 10.0 Å². The Kier molecular flexibility index (Phi) is 4.71. The molecular weight excluding hydrogens is 427 g/mol. The Bertz CT molecular complexity index is 1070. The van der Waals surface area contributed by atoms with E-state index in [1.807, 2.05) is 0 Å². The standard InChI is InChI=1S/C22H18Cl2N2O4/c23-12-4-5-15(24)16(9-12)26-20(27)10-2-1-3-13(6-10)25-21(28)18-11-7-14-17(8-11)30-22(29)19(14)18/h1-6,9,11,14,17-19H,7-8H2,(H,25,28)(H,26,27)/t11-,14+,17-,18-,19-/m1/s1. The number of anilines is 2. The number of amides is 2. The van der Waals surface area contributed by atoms with Crippen LogP contribution in [-0.2, 0) is 14.3 Å². The van der Waals surface area contributed by atoms with Gasteiger partial charge in [0.25, 0.3) is 5.91 Å². The molecule has 5 rings (SSSR count). The molecule has 2 aromatic carbocycles. The van der Waals surface area contributed by atoms with E-state index in [4.69, 9.17) is 27.9 Å². The molecule has 8 heteroatoms. The van der Waals surface area contributed by atoms with Gasteiger partial charge in [-0.15, -0.1) is 0 Å². The van der Waals surface area contributed by atoms with E-state index in [0.29, 0.717) is 27.0 Å². The fourth-order valence-electron chi connectivity index (χ4n) is 5.11. The molecule has 30 heavy (non-hydrogen) atoms. The average molecular weight is 445 g/mol. The molecule has 2 amide bonds. The van der Waals surface area contributed by atoms with Crippen molar-refractivity contribution in [1.82, 2.24) is 0 Å². The first kappa shape index (κ1) is 19.4. The molecule has 2 aliphatic carbocycles. The van der Waals surface area contributed by atoms with Gasteiger partial charge in [0.15, 0.2) is 0 Å². The van der Waals surface area contributed by atoms with E-state index in [9.17, 15) is 14.4 Å². The van der Waals surface area contributed by atoms with Crippen LogP contribution in [-0.4, -0.2) is 23.9 Å². The Hall–Kier alpha value is -2.57. The molecule has 2 N–H and O–H groups in total. The summed E-state index contributed by atoms with van der Waals surface area (Å²) in [6, 6.07) is 11.4. The van der Waals surface area contributed by atoms with Gasteiger partial charge in [-0.1, -0.05) is 29.3 Å². The quantitative estimate of drug-likeness (QED) is 0.685. The van der Waals surface area contributed by atoms with Crippen LogP contribution in [0.4, 0.5) is 11.4 Å². The monoisotopic (exact) mass is 444 g/mol. The van der Waals surface area contributed by atoms with Gasteiger partial charge in [0.1, 0.15) is 6.10 Å². The molecule has 154 valence electrons. The van der Waals surface area contributed by atoms with Crippen molar-refractivity contribution in [2.75, 3.05) is 10.6 Å². The maximum atomic E-state index is 12.9. The molecule has 6 nitrogen and oxygen atoms in total. The lowest BCUT2D eigenvalue weighted by atomic mass is 9.79. The summed E-state index contributed by atoms with van der Waals surface area (Å²) in [6.45, 7) is 0. The molecule has 3 fully saturated rings. The highest BCUT2D eigenvalue weighted by Gasteiger charge is 2.63. The van der Waals surface area contributed by atoms with Crippen LogP contribution in [0, 0.1) is 23.7 Å². The van der Waals surface area contributed by atoms with Gasteiger partial charge in [0, 0.05) is 22.2 Å². The summed E-state index contributed by atoms with van der Waals surface area (Å²) < 4.78 is 5.40. The lowest BCUT2D eigenvalue weighted by Crippen LogP contribution is -2.35. The van der Waals surface area contributed by atoms with E-state index in [1.54, 1.807) is 42.5 Å². The Morgan fingerprint density at radius 1 is 1.03 bits per heavy atom. The van der Waals surface area contributed by atoms with Crippen molar-refractivity contribution in [1.29, 1.82) is 0 Å². The van der Waals surface area contributed by atoms with Crippen LogP contribution >= 0.6 is 23.2 Å². The number of ether oxygens (including phenoxy) is 1. The number of carbonyl (C=O) groups excluding carboxylic acids is 3. The van der Waals surface area contributed by atoms with E-state index in [1.165, 1.54) is 0 Å². The van der Waals surface area contributed by atoms with Crippen LogP contribution in [0.15, 0.2) is 42.5 Å². The molecule has 2 aromatic rings. The minimum atomic E-state index is -0.377. The molecule has 0 aromatic heterocycles. The lowest BCUT2D eigenvalue weighted by Gasteiger charge is -2.23. The van der Waals surface area contributed by atoms with E-state index in [2.05, 4.69) is 10.6 Å². The highest BCUT2D eigenvalue weighted by atomic mass is 35.5. The van der Waals surface area contributed by atoms with E-state index in [0.717, 1.165) is 12.8 Å². The van der Waals surface area contributed by atoms with Crippen LogP contribution < -0.4 is 10.6 Å². The fourth-order valence-corrected chi connectivity index (χ4v) is 5.45. The van der Waals surface area contributed by atoms with Gasteiger partial charge in [-0.25, -0.2) is 0 Å². The Balaban J connectivity index is 1.30. The number of rotatable bonds is 4. The second-order valence-corrected chi connectivity index (χ2v) is 8.91. The smallest absolute Gasteiger partial charge is 0.310 e. The molecule has 2 saturated carbocycles. The lowest BCUT2D eigenvalue weighted by molar-refractivity contribution is -0.145. The number of benzene rings is 2. The molecule has 1 saturated heterocycles.